The highest BCUT2D eigenvalue weighted by molar-refractivity contribution is 6.35. The van der Waals surface area contributed by atoms with Gasteiger partial charge in [-0.15, -0.1) is 0 Å². The van der Waals surface area contributed by atoms with Crippen LogP contribution in [0, 0.1) is 6.92 Å². The highest BCUT2D eigenvalue weighted by atomic mass is 35.5. The van der Waals surface area contributed by atoms with Crippen molar-refractivity contribution in [3.8, 4) is 0 Å². The minimum Gasteiger partial charge on any atom is -0.350 e. The first-order valence-corrected chi connectivity index (χ1v) is 9.38. The Kier molecular flexibility index (Phi) is 5.63. The molecule has 1 unspecified atom stereocenters. The molecule has 3 rings (SSSR count). The zero-order valence-corrected chi connectivity index (χ0v) is 16.9. The summed E-state index contributed by atoms with van der Waals surface area (Å²) in [5.41, 5.74) is 1.10. The number of carbonyl (C=O) groups excluding carboxylic acids is 3. The second kappa shape index (κ2) is 7.81. The summed E-state index contributed by atoms with van der Waals surface area (Å²) in [5.74, 6) is -0.984. The fourth-order valence-corrected chi connectivity index (χ4v) is 3.62. The number of amides is 4. The molecule has 1 saturated heterocycles. The molecule has 4 amide bonds. The summed E-state index contributed by atoms with van der Waals surface area (Å²) >= 11 is 12.1. The van der Waals surface area contributed by atoms with E-state index < -0.39 is 23.4 Å². The number of benzene rings is 2. The van der Waals surface area contributed by atoms with Crippen LogP contribution in [0.5, 0.6) is 0 Å². The summed E-state index contributed by atoms with van der Waals surface area (Å²) < 4.78 is 0. The van der Waals surface area contributed by atoms with Gasteiger partial charge in [-0.2, -0.15) is 0 Å². The summed E-state index contributed by atoms with van der Waals surface area (Å²) in [4.78, 5) is 38.4. The number of hydrogen-bond acceptors (Lipinski definition) is 3. The second-order valence-electron chi connectivity index (χ2n) is 6.83. The van der Waals surface area contributed by atoms with Gasteiger partial charge in [0.1, 0.15) is 12.1 Å². The molecule has 0 aromatic heterocycles. The third kappa shape index (κ3) is 3.98. The van der Waals surface area contributed by atoms with E-state index in [2.05, 4.69) is 10.6 Å². The van der Waals surface area contributed by atoms with Gasteiger partial charge in [-0.25, -0.2) is 4.79 Å². The highest BCUT2D eigenvalue weighted by Crippen LogP contribution is 2.34. The van der Waals surface area contributed by atoms with Crippen LogP contribution in [0.3, 0.4) is 0 Å². The molecule has 1 aliphatic rings. The van der Waals surface area contributed by atoms with Crippen LogP contribution in [0.15, 0.2) is 42.5 Å². The van der Waals surface area contributed by atoms with Gasteiger partial charge in [0, 0.05) is 22.2 Å². The molecular weight excluding hydrogens is 401 g/mol. The predicted octanol–water partition coefficient (Wildman–Crippen LogP) is 3.39. The van der Waals surface area contributed by atoms with Crippen molar-refractivity contribution in [2.75, 3.05) is 6.54 Å². The predicted molar refractivity (Wildman–Crippen MR) is 107 cm³/mol. The molecular formula is C20H19Cl2N3O3. The van der Waals surface area contributed by atoms with Gasteiger partial charge < -0.3 is 10.6 Å². The largest absolute Gasteiger partial charge is 0.350 e. The Hall–Kier alpha value is -2.57. The van der Waals surface area contributed by atoms with Crippen molar-refractivity contribution in [1.29, 1.82) is 0 Å². The van der Waals surface area contributed by atoms with Gasteiger partial charge in [0.25, 0.3) is 5.91 Å². The van der Waals surface area contributed by atoms with E-state index in [4.69, 9.17) is 23.2 Å². The third-order valence-electron chi connectivity index (χ3n) is 4.66. The average molecular weight is 420 g/mol. The van der Waals surface area contributed by atoms with E-state index >= 15 is 0 Å². The Morgan fingerprint density at radius 1 is 1.14 bits per heavy atom. The van der Waals surface area contributed by atoms with Crippen LogP contribution in [0.4, 0.5) is 4.79 Å². The van der Waals surface area contributed by atoms with Gasteiger partial charge in [-0.1, -0.05) is 59.1 Å². The van der Waals surface area contributed by atoms with E-state index in [0.717, 1.165) is 16.0 Å². The Bertz CT molecular complexity index is 946. The van der Waals surface area contributed by atoms with Gasteiger partial charge in [0.05, 0.1) is 0 Å². The maximum absolute atomic E-state index is 12.9. The molecule has 146 valence electrons. The first-order valence-electron chi connectivity index (χ1n) is 8.62. The molecule has 0 radical (unpaired) electrons. The third-order valence-corrected chi connectivity index (χ3v) is 5.20. The lowest BCUT2D eigenvalue weighted by molar-refractivity contribution is -0.134. The first-order chi connectivity index (χ1) is 13.2. The SMILES string of the molecule is Cc1ccc(CNC(=O)CN2C(=O)NC(C)(c3ccc(Cl)cc3Cl)C2=O)cc1. The van der Waals surface area contributed by atoms with Crippen molar-refractivity contribution in [1.82, 2.24) is 15.5 Å². The van der Waals surface area contributed by atoms with Gasteiger partial charge in [-0.05, 0) is 31.5 Å². The maximum atomic E-state index is 12.9. The molecule has 1 aliphatic heterocycles. The van der Waals surface area contributed by atoms with Crippen LogP contribution in [0.2, 0.25) is 10.0 Å². The maximum Gasteiger partial charge on any atom is 0.325 e. The van der Waals surface area contributed by atoms with Crippen molar-refractivity contribution in [3.05, 3.63) is 69.2 Å². The fraction of sp³-hybridized carbons (Fsp3) is 0.250. The molecule has 2 N–H and O–H groups in total. The lowest BCUT2D eigenvalue weighted by atomic mass is 9.92. The molecule has 0 bridgehead atoms. The monoisotopic (exact) mass is 419 g/mol. The second-order valence-corrected chi connectivity index (χ2v) is 7.68. The number of hydrogen-bond donors (Lipinski definition) is 2. The van der Waals surface area contributed by atoms with Gasteiger partial charge in [0.2, 0.25) is 5.91 Å². The number of aryl methyl sites for hydroxylation is 1. The number of urea groups is 1. The standard InChI is InChI=1S/C20H19Cl2N3O3/c1-12-3-5-13(6-4-12)10-23-17(26)11-25-18(27)20(2,24-19(25)28)15-8-7-14(21)9-16(15)22/h3-9H,10-11H2,1-2H3,(H,23,26)(H,24,28). The van der Waals surface area contributed by atoms with Crippen molar-refractivity contribution in [3.63, 3.8) is 0 Å². The number of nitrogens with zero attached hydrogens (tertiary/aromatic N) is 1. The summed E-state index contributed by atoms with van der Waals surface area (Å²) in [5, 5.41) is 6.01. The molecule has 6 nitrogen and oxygen atoms in total. The molecule has 28 heavy (non-hydrogen) atoms. The quantitative estimate of drug-likeness (QED) is 0.728. The van der Waals surface area contributed by atoms with E-state index in [0.29, 0.717) is 17.1 Å². The number of rotatable bonds is 5. The van der Waals surface area contributed by atoms with Crippen LogP contribution in [-0.4, -0.2) is 29.3 Å². The number of nitrogens with one attached hydrogen (secondary N) is 2. The minimum atomic E-state index is -1.37. The molecule has 1 fully saturated rings. The van der Waals surface area contributed by atoms with Gasteiger partial charge in [0.15, 0.2) is 0 Å². The number of carbonyl (C=O) groups is 3. The summed E-state index contributed by atoms with van der Waals surface area (Å²) in [6.45, 7) is 3.46. The number of imide groups is 1. The molecule has 1 atom stereocenters. The van der Waals surface area contributed by atoms with Gasteiger partial charge >= 0.3 is 6.03 Å². The zero-order chi connectivity index (χ0) is 20.5. The molecule has 0 saturated carbocycles. The Morgan fingerprint density at radius 2 is 1.82 bits per heavy atom. The fourth-order valence-electron chi connectivity index (χ4n) is 3.02. The molecule has 0 aliphatic carbocycles. The molecule has 1 heterocycles. The van der Waals surface area contributed by atoms with Crippen molar-refractivity contribution < 1.29 is 14.4 Å². The van der Waals surface area contributed by atoms with E-state index in [1.807, 2.05) is 31.2 Å². The molecule has 8 heteroatoms. The van der Waals surface area contributed by atoms with E-state index in [-0.39, 0.29) is 11.6 Å². The van der Waals surface area contributed by atoms with Crippen LogP contribution in [0.25, 0.3) is 0 Å². The van der Waals surface area contributed by atoms with Gasteiger partial charge in [-0.3, -0.25) is 14.5 Å². The minimum absolute atomic E-state index is 0.259. The lowest BCUT2D eigenvalue weighted by Crippen LogP contribution is -2.43. The topological polar surface area (TPSA) is 78.5 Å². The van der Waals surface area contributed by atoms with Crippen molar-refractivity contribution in [2.45, 2.75) is 25.9 Å². The van der Waals surface area contributed by atoms with Crippen molar-refractivity contribution >= 4 is 41.0 Å². The van der Waals surface area contributed by atoms with Crippen molar-refractivity contribution in [2.24, 2.45) is 0 Å². The smallest absolute Gasteiger partial charge is 0.325 e. The Balaban J connectivity index is 1.69. The normalized spacial score (nSPS) is 18.9. The molecule has 0 spiro atoms. The number of halogens is 2. The van der Waals surface area contributed by atoms with Crippen LogP contribution in [0.1, 0.15) is 23.6 Å². The van der Waals surface area contributed by atoms with E-state index in [1.165, 1.54) is 6.07 Å². The zero-order valence-electron chi connectivity index (χ0n) is 15.4. The summed E-state index contributed by atoms with van der Waals surface area (Å²) in [6.07, 6.45) is 0. The van der Waals surface area contributed by atoms with E-state index in [1.54, 1.807) is 19.1 Å². The Labute approximate surface area is 172 Å². The van der Waals surface area contributed by atoms with Crippen LogP contribution < -0.4 is 10.6 Å². The van der Waals surface area contributed by atoms with Crippen LogP contribution in [-0.2, 0) is 21.7 Å². The Morgan fingerprint density at radius 3 is 2.46 bits per heavy atom. The summed E-state index contributed by atoms with van der Waals surface area (Å²) in [7, 11) is 0. The lowest BCUT2D eigenvalue weighted by Gasteiger charge is -2.23. The highest BCUT2D eigenvalue weighted by Gasteiger charge is 2.50. The molecule has 2 aromatic carbocycles. The van der Waals surface area contributed by atoms with Crippen LogP contribution >= 0.6 is 23.2 Å². The first kappa shape index (κ1) is 20.2. The average Bonchev–Trinajstić information content (AvgIpc) is 2.85. The summed E-state index contributed by atoms with van der Waals surface area (Å²) in [6, 6.07) is 11.7. The van der Waals surface area contributed by atoms with E-state index in [9.17, 15) is 14.4 Å². The molecule has 2 aromatic rings.